The van der Waals surface area contributed by atoms with Crippen LogP contribution in [-0.2, 0) is 11.8 Å². The number of nitrogens with one attached hydrogen (secondary N) is 1. The van der Waals surface area contributed by atoms with E-state index in [0.717, 1.165) is 0 Å². The van der Waals surface area contributed by atoms with Crippen molar-refractivity contribution in [3.05, 3.63) is 48.4 Å². The van der Waals surface area contributed by atoms with Crippen molar-refractivity contribution < 1.29 is 14.3 Å². The molecule has 7 heteroatoms. The maximum atomic E-state index is 12.8. The molecule has 2 atom stereocenters. The van der Waals surface area contributed by atoms with Crippen LogP contribution in [0.5, 0.6) is 5.88 Å². The van der Waals surface area contributed by atoms with Gasteiger partial charge in [-0.15, -0.1) is 0 Å². The predicted molar refractivity (Wildman–Crippen MR) is 94.6 cm³/mol. The first-order valence-corrected chi connectivity index (χ1v) is 8.83. The van der Waals surface area contributed by atoms with Gasteiger partial charge in [0.05, 0.1) is 12.0 Å². The number of hydrogen-bond acceptors (Lipinski definition) is 4. The molecule has 26 heavy (non-hydrogen) atoms. The second-order valence-corrected chi connectivity index (χ2v) is 7.02. The number of aryl methyl sites for hydroxylation is 1. The molecule has 2 amide bonds. The van der Waals surface area contributed by atoms with Crippen molar-refractivity contribution in [2.45, 2.75) is 6.42 Å². The highest BCUT2D eigenvalue weighted by molar-refractivity contribution is 5.94. The number of nitrogens with zero attached hydrogens (tertiary/aromatic N) is 3. The summed E-state index contributed by atoms with van der Waals surface area (Å²) in [7, 11) is 1.85. The Balaban J connectivity index is 1.48. The summed E-state index contributed by atoms with van der Waals surface area (Å²) in [6, 6.07) is 9.16. The Morgan fingerprint density at radius 2 is 2.27 bits per heavy atom. The minimum atomic E-state index is -0.574. The molecular formula is C19H22N4O3. The molecule has 2 aromatic rings. The third kappa shape index (κ3) is 2.73. The van der Waals surface area contributed by atoms with Gasteiger partial charge in [0, 0.05) is 51.1 Å². The lowest BCUT2D eigenvalue weighted by Gasteiger charge is -2.28. The van der Waals surface area contributed by atoms with E-state index in [1.165, 1.54) is 0 Å². The van der Waals surface area contributed by atoms with Gasteiger partial charge in [-0.3, -0.25) is 9.59 Å². The van der Waals surface area contributed by atoms with Crippen LogP contribution in [-0.4, -0.2) is 52.5 Å². The van der Waals surface area contributed by atoms with E-state index in [1.54, 1.807) is 17.2 Å². The Kier molecular flexibility index (Phi) is 4.14. The summed E-state index contributed by atoms with van der Waals surface area (Å²) in [5.41, 5.74) is 0.0667. The van der Waals surface area contributed by atoms with Crippen molar-refractivity contribution in [2.24, 2.45) is 18.4 Å². The van der Waals surface area contributed by atoms with Gasteiger partial charge in [0.25, 0.3) is 5.91 Å². The molecule has 0 aliphatic carbocycles. The van der Waals surface area contributed by atoms with Crippen LogP contribution in [0.25, 0.3) is 0 Å². The lowest BCUT2D eigenvalue weighted by molar-refractivity contribution is -0.128. The molecule has 2 aromatic heterocycles. The third-order valence-corrected chi connectivity index (χ3v) is 5.56. The number of carbonyl (C=O) groups is 2. The number of rotatable bonds is 4. The number of amides is 2. The Bertz CT molecular complexity index is 819. The standard InChI is InChI=1S/C19H22N4O3/c1-22-9-4-5-15(22)17(24)23-10-7-19(13-23)14(11-21-18(19)25)12-26-16-6-2-3-8-20-16/h2-6,8-9,14H,7,10-13H2,1H3,(H,21,25)/t14-,19-/m1/s1. The van der Waals surface area contributed by atoms with Crippen molar-refractivity contribution in [2.75, 3.05) is 26.2 Å². The van der Waals surface area contributed by atoms with Gasteiger partial charge in [0.1, 0.15) is 5.69 Å². The molecule has 0 unspecified atom stereocenters. The molecule has 7 nitrogen and oxygen atoms in total. The maximum Gasteiger partial charge on any atom is 0.270 e. The van der Waals surface area contributed by atoms with Gasteiger partial charge in [-0.05, 0) is 24.6 Å². The monoisotopic (exact) mass is 354 g/mol. The molecule has 2 saturated heterocycles. The van der Waals surface area contributed by atoms with Crippen molar-refractivity contribution in [1.29, 1.82) is 0 Å². The van der Waals surface area contributed by atoms with E-state index in [1.807, 2.05) is 42.1 Å². The average molecular weight is 354 g/mol. The number of carbonyl (C=O) groups excluding carboxylic acids is 2. The smallest absolute Gasteiger partial charge is 0.270 e. The highest BCUT2D eigenvalue weighted by Crippen LogP contribution is 2.42. The highest BCUT2D eigenvalue weighted by Gasteiger charge is 2.55. The van der Waals surface area contributed by atoms with E-state index in [-0.39, 0.29) is 17.7 Å². The van der Waals surface area contributed by atoms with Gasteiger partial charge in [-0.1, -0.05) is 6.07 Å². The molecule has 1 spiro atoms. The Morgan fingerprint density at radius 1 is 1.38 bits per heavy atom. The Morgan fingerprint density at radius 3 is 3.00 bits per heavy atom. The van der Waals surface area contributed by atoms with Gasteiger partial charge >= 0.3 is 0 Å². The van der Waals surface area contributed by atoms with Gasteiger partial charge < -0.3 is 19.5 Å². The maximum absolute atomic E-state index is 12.8. The van der Waals surface area contributed by atoms with Crippen molar-refractivity contribution in [3.8, 4) is 5.88 Å². The van der Waals surface area contributed by atoms with E-state index in [9.17, 15) is 9.59 Å². The molecule has 4 rings (SSSR count). The number of pyridine rings is 1. The summed E-state index contributed by atoms with van der Waals surface area (Å²) < 4.78 is 7.61. The first-order chi connectivity index (χ1) is 12.6. The lowest BCUT2D eigenvalue weighted by atomic mass is 9.77. The zero-order valence-electron chi connectivity index (χ0n) is 14.7. The van der Waals surface area contributed by atoms with Crippen LogP contribution < -0.4 is 10.1 Å². The van der Waals surface area contributed by atoms with Gasteiger partial charge in [-0.2, -0.15) is 0 Å². The molecule has 136 valence electrons. The molecule has 0 aromatic carbocycles. The molecule has 2 fully saturated rings. The Hall–Kier alpha value is -2.83. The first-order valence-electron chi connectivity index (χ1n) is 8.83. The van der Waals surface area contributed by atoms with Crippen LogP contribution in [0.1, 0.15) is 16.9 Å². The zero-order chi connectivity index (χ0) is 18.1. The topological polar surface area (TPSA) is 76.5 Å². The lowest BCUT2D eigenvalue weighted by Crippen LogP contribution is -2.41. The van der Waals surface area contributed by atoms with Gasteiger partial charge in [-0.25, -0.2) is 4.98 Å². The SMILES string of the molecule is Cn1cccc1C(=O)N1CC[C@]2(C1)C(=O)NC[C@@H]2COc1ccccn1. The molecule has 4 heterocycles. The van der Waals surface area contributed by atoms with E-state index in [4.69, 9.17) is 4.74 Å². The van der Waals surface area contributed by atoms with Crippen LogP contribution >= 0.6 is 0 Å². The molecule has 0 bridgehead atoms. The van der Waals surface area contributed by atoms with Crippen molar-refractivity contribution in [3.63, 3.8) is 0 Å². The van der Waals surface area contributed by atoms with E-state index in [0.29, 0.717) is 44.2 Å². The molecule has 2 aliphatic heterocycles. The van der Waals surface area contributed by atoms with Gasteiger partial charge in [0.15, 0.2) is 0 Å². The van der Waals surface area contributed by atoms with E-state index < -0.39 is 5.41 Å². The number of hydrogen-bond donors (Lipinski definition) is 1. The molecule has 1 N–H and O–H groups in total. The molecule has 0 radical (unpaired) electrons. The molecule has 0 saturated carbocycles. The molecular weight excluding hydrogens is 332 g/mol. The predicted octanol–water partition coefficient (Wildman–Crippen LogP) is 1.08. The van der Waals surface area contributed by atoms with Gasteiger partial charge in [0.2, 0.25) is 11.8 Å². The third-order valence-electron chi connectivity index (χ3n) is 5.56. The molecule has 2 aliphatic rings. The first kappa shape index (κ1) is 16.6. The second kappa shape index (κ2) is 6.48. The average Bonchev–Trinajstić information content (AvgIpc) is 3.36. The number of aromatic nitrogens is 2. The van der Waals surface area contributed by atoms with Crippen LogP contribution in [0.4, 0.5) is 0 Å². The Labute approximate surface area is 152 Å². The fraction of sp³-hybridized carbons (Fsp3) is 0.421. The number of likely N-dealkylation sites (tertiary alicyclic amines) is 1. The minimum Gasteiger partial charge on any atom is -0.477 e. The fourth-order valence-corrected chi connectivity index (χ4v) is 3.98. The van der Waals surface area contributed by atoms with Crippen LogP contribution in [0, 0.1) is 11.3 Å². The van der Waals surface area contributed by atoms with Crippen molar-refractivity contribution in [1.82, 2.24) is 19.8 Å². The number of ether oxygens (including phenoxy) is 1. The fourth-order valence-electron chi connectivity index (χ4n) is 3.98. The summed E-state index contributed by atoms with van der Waals surface area (Å²) >= 11 is 0. The van der Waals surface area contributed by atoms with Crippen molar-refractivity contribution >= 4 is 11.8 Å². The minimum absolute atomic E-state index is 0.0169. The van der Waals surface area contributed by atoms with E-state index >= 15 is 0 Å². The van der Waals surface area contributed by atoms with Crippen LogP contribution in [0.2, 0.25) is 0 Å². The second-order valence-electron chi connectivity index (χ2n) is 7.02. The summed E-state index contributed by atoms with van der Waals surface area (Å²) in [5, 5.41) is 2.96. The normalized spacial score (nSPS) is 24.9. The quantitative estimate of drug-likeness (QED) is 0.891. The highest BCUT2D eigenvalue weighted by atomic mass is 16.5. The summed E-state index contributed by atoms with van der Waals surface area (Å²) in [6.45, 7) is 1.98. The summed E-state index contributed by atoms with van der Waals surface area (Å²) in [4.78, 5) is 31.4. The van der Waals surface area contributed by atoms with Crippen LogP contribution in [0.3, 0.4) is 0 Å². The van der Waals surface area contributed by atoms with Crippen LogP contribution in [0.15, 0.2) is 42.7 Å². The summed E-state index contributed by atoms with van der Waals surface area (Å²) in [6.07, 6.45) is 4.19. The zero-order valence-corrected chi connectivity index (χ0v) is 14.7. The van der Waals surface area contributed by atoms with E-state index in [2.05, 4.69) is 10.3 Å². The largest absolute Gasteiger partial charge is 0.477 e. The summed E-state index contributed by atoms with van der Waals surface area (Å²) in [5.74, 6) is 0.563.